The van der Waals surface area contributed by atoms with Crippen molar-refractivity contribution in [1.29, 1.82) is 0 Å². The number of methoxy groups -OCH3 is 1. The first-order valence-electron chi connectivity index (χ1n) is 7.18. The van der Waals surface area contributed by atoms with Gasteiger partial charge in [0.1, 0.15) is 5.75 Å². The lowest BCUT2D eigenvalue weighted by molar-refractivity contribution is 0.415. The molecule has 112 valence electrons. The lowest BCUT2D eigenvalue weighted by Gasteiger charge is -2.08. The molecule has 2 aromatic heterocycles. The van der Waals surface area contributed by atoms with E-state index in [0.29, 0.717) is 6.54 Å². The Hall–Kier alpha value is -2.72. The molecule has 0 atom stereocenters. The highest BCUT2D eigenvalue weighted by molar-refractivity contribution is 6.09. The number of aryl methyl sites for hydroxylation is 2. The molecule has 0 bridgehead atoms. The van der Waals surface area contributed by atoms with E-state index in [1.54, 1.807) is 7.11 Å². The summed E-state index contributed by atoms with van der Waals surface area (Å²) in [6, 6.07) is 8.14. The van der Waals surface area contributed by atoms with Crippen molar-refractivity contribution in [3.63, 3.8) is 0 Å². The molecule has 0 aliphatic heterocycles. The predicted octanol–water partition coefficient (Wildman–Crippen LogP) is 4.21. The summed E-state index contributed by atoms with van der Waals surface area (Å²) in [7, 11) is 1.67. The molecule has 0 unspecified atom stereocenters. The second-order valence-electron chi connectivity index (χ2n) is 5.14. The van der Waals surface area contributed by atoms with Gasteiger partial charge in [-0.1, -0.05) is 5.11 Å². The van der Waals surface area contributed by atoms with Gasteiger partial charge in [-0.05, 0) is 37.1 Å². The second kappa shape index (κ2) is 5.95. The monoisotopic (exact) mass is 295 g/mol. The van der Waals surface area contributed by atoms with Crippen LogP contribution in [0.25, 0.3) is 32.2 Å². The molecule has 3 rings (SSSR count). The van der Waals surface area contributed by atoms with Gasteiger partial charge in [-0.25, -0.2) is 0 Å². The van der Waals surface area contributed by atoms with Crippen molar-refractivity contribution in [3.05, 3.63) is 46.6 Å². The largest absolute Gasteiger partial charge is 0.497 e. The first-order valence-corrected chi connectivity index (χ1v) is 7.18. The average molecular weight is 295 g/mol. The topological polar surface area (TPSA) is 75.8 Å². The number of rotatable bonds is 5. The fraction of sp³-hybridized carbons (Fsp3) is 0.312. The van der Waals surface area contributed by atoms with E-state index in [4.69, 9.17) is 10.3 Å². The molecule has 0 N–H and O–H groups in total. The molecule has 0 amide bonds. The Morgan fingerprint density at radius 2 is 2.18 bits per heavy atom. The molecule has 0 saturated heterocycles. The van der Waals surface area contributed by atoms with Crippen LogP contribution in [0.4, 0.5) is 0 Å². The van der Waals surface area contributed by atoms with Crippen LogP contribution in [-0.2, 0) is 6.54 Å². The van der Waals surface area contributed by atoms with Crippen LogP contribution in [0, 0.1) is 6.92 Å². The fourth-order valence-electron chi connectivity index (χ4n) is 2.90. The maximum atomic E-state index is 8.40. The summed E-state index contributed by atoms with van der Waals surface area (Å²) in [5.41, 5.74) is 11.6. The summed E-state index contributed by atoms with van der Waals surface area (Å²) >= 11 is 0. The van der Waals surface area contributed by atoms with Crippen molar-refractivity contribution < 1.29 is 4.74 Å². The lowest BCUT2D eigenvalue weighted by Crippen LogP contribution is -2.01. The van der Waals surface area contributed by atoms with Gasteiger partial charge in [0, 0.05) is 41.0 Å². The van der Waals surface area contributed by atoms with E-state index in [-0.39, 0.29) is 0 Å². The molecule has 0 saturated carbocycles. The smallest absolute Gasteiger partial charge is 0.120 e. The van der Waals surface area contributed by atoms with Crippen molar-refractivity contribution in [2.45, 2.75) is 19.9 Å². The molecule has 6 heteroatoms. The molecule has 1 aromatic carbocycles. The van der Waals surface area contributed by atoms with Gasteiger partial charge in [0.15, 0.2) is 0 Å². The average Bonchev–Trinajstić information content (AvgIpc) is 2.86. The number of nitrogens with zero attached hydrogens (tertiary/aromatic N) is 5. The molecule has 0 aliphatic carbocycles. The van der Waals surface area contributed by atoms with E-state index < -0.39 is 0 Å². The predicted molar refractivity (Wildman–Crippen MR) is 87.2 cm³/mol. The molecular formula is C16H17N5O. The van der Waals surface area contributed by atoms with Crippen LogP contribution in [0.5, 0.6) is 5.75 Å². The maximum absolute atomic E-state index is 8.40. The molecule has 3 aromatic rings. The van der Waals surface area contributed by atoms with Crippen LogP contribution < -0.4 is 4.74 Å². The summed E-state index contributed by atoms with van der Waals surface area (Å²) in [4.78, 5) is 7.22. The summed E-state index contributed by atoms with van der Waals surface area (Å²) in [6.07, 6.45) is 2.63. The van der Waals surface area contributed by atoms with Crippen LogP contribution >= 0.6 is 0 Å². The van der Waals surface area contributed by atoms with Crippen molar-refractivity contribution >= 4 is 21.8 Å². The first kappa shape index (κ1) is 14.2. The minimum atomic E-state index is 0.487. The third kappa shape index (κ3) is 2.34. The highest BCUT2D eigenvalue weighted by atomic mass is 16.5. The zero-order valence-electron chi connectivity index (χ0n) is 12.7. The van der Waals surface area contributed by atoms with E-state index in [0.717, 1.165) is 35.4 Å². The Labute approximate surface area is 128 Å². The van der Waals surface area contributed by atoms with Crippen LogP contribution in [0.15, 0.2) is 35.6 Å². The number of hydrogen-bond donors (Lipinski definition) is 0. The number of aromatic nitrogens is 2. The van der Waals surface area contributed by atoms with Crippen molar-refractivity contribution in [1.82, 2.24) is 9.55 Å². The highest BCUT2D eigenvalue weighted by Crippen LogP contribution is 2.32. The third-order valence-electron chi connectivity index (χ3n) is 3.87. The zero-order valence-corrected chi connectivity index (χ0v) is 12.7. The SMILES string of the molecule is COc1ccc2c3ccnc(C)c3n(CCCN=[N+]=[N-])c2c1. The van der Waals surface area contributed by atoms with Gasteiger partial charge in [-0.3, -0.25) is 4.98 Å². The number of benzene rings is 1. The van der Waals surface area contributed by atoms with Gasteiger partial charge < -0.3 is 9.30 Å². The van der Waals surface area contributed by atoms with Gasteiger partial charge in [0.05, 0.1) is 23.8 Å². The number of hydrogen-bond acceptors (Lipinski definition) is 3. The van der Waals surface area contributed by atoms with Gasteiger partial charge in [0.2, 0.25) is 0 Å². The normalized spacial score (nSPS) is 10.8. The minimum Gasteiger partial charge on any atom is -0.497 e. The summed E-state index contributed by atoms with van der Waals surface area (Å²) in [5.74, 6) is 0.831. The Bertz CT molecular complexity index is 877. The quantitative estimate of drug-likeness (QED) is 0.306. The Morgan fingerprint density at radius 1 is 1.32 bits per heavy atom. The van der Waals surface area contributed by atoms with Crippen molar-refractivity contribution in [2.75, 3.05) is 13.7 Å². The zero-order chi connectivity index (χ0) is 15.5. The lowest BCUT2D eigenvalue weighted by atomic mass is 10.1. The highest BCUT2D eigenvalue weighted by Gasteiger charge is 2.13. The molecule has 0 radical (unpaired) electrons. The molecular weight excluding hydrogens is 278 g/mol. The standard InChI is InChI=1S/C16H17N5O/c1-11-16-14(6-8-18-11)13-5-4-12(22-2)10-15(13)21(16)9-3-7-19-20-17/h4-6,8,10H,3,7,9H2,1-2H3. The Kier molecular flexibility index (Phi) is 3.85. The van der Waals surface area contributed by atoms with Crippen molar-refractivity contribution in [2.24, 2.45) is 5.11 Å². The van der Waals surface area contributed by atoms with Crippen molar-refractivity contribution in [3.8, 4) is 5.75 Å². The van der Waals surface area contributed by atoms with Gasteiger partial charge in [0.25, 0.3) is 0 Å². The number of fused-ring (bicyclic) bond motifs is 3. The summed E-state index contributed by atoms with van der Waals surface area (Å²) in [5, 5.41) is 5.99. The van der Waals surface area contributed by atoms with E-state index in [9.17, 15) is 0 Å². The van der Waals surface area contributed by atoms with Gasteiger partial charge in [-0.2, -0.15) is 0 Å². The summed E-state index contributed by atoms with van der Waals surface area (Å²) < 4.78 is 7.59. The fourth-order valence-corrected chi connectivity index (χ4v) is 2.90. The van der Waals surface area contributed by atoms with Crippen LogP contribution in [0.2, 0.25) is 0 Å². The number of pyridine rings is 1. The maximum Gasteiger partial charge on any atom is 0.120 e. The molecule has 0 spiro atoms. The van der Waals surface area contributed by atoms with E-state index >= 15 is 0 Å². The number of azide groups is 1. The van der Waals surface area contributed by atoms with E-state index in [1.807, 2.05) is 31.3 Å². The Balaban J connectivity index is 2.20. The third-order valence-corrected chi connectivity index (χ3v) is 3.87. The Morgan fingerprint density at radius 3 is 2.95 bits per heavy atom. The minimum absolute atomic E-state index is 0.487. The molecule has 0 aliphatic rings. The van der Waals surface area contributed by atoms with Crippen LogP contribution in [0.3, 0.4) is 0 Å². The van der Waals surface area contributed by atoms with E-state index in [2.05, 4.69) is 25.6 Å². The van der Waals surface area contributed by atoms with Gasteiger partial charge in [-0.15, -0.1) is 0 Å². The molecule has 22 heavy (non-hydrogen) atoms. The summed E-state index contributed by atoms with van der Waals surface area (Å²) in [6.45, 7) is 3.28. The molecule has 6 nitrogen and oxygen atoms in total. The van der Waals surface area contributed by atoms with Crippen LogP contribution in [-0.4, -0.2) is 23.2 Å². The molecule has 2 heterocycles. The first-order chi connectivity index (χ1) is 10.8. The van der Waals surface area contributed by atoms with Gasteiger partial charge >= 0.3 is 0 Å². The second-order valence-corrected chi connectivity index (χ2v) is 5.14. The molecule has 0 fully saturated rings. The number of ether oxygens (including phenoxy) is 1. The van der Waals surface area contributed by atoms with Crippen LogP contribution in [0.1, 0.15) is 12.1 Å². The van der Waals surface area contributed by atoms with E-state index in [1.165, 1.54) is 10.8 Å².